The number of aromatic nitrogens is 4. The van der Waals surface area contributed by atoms with E-state index in [1.165, 1.54) is 15.9 Å². The lowest BCUT2D eigenvalue weighted by Crippen LogP contribution is -2.30. The van der Waals surface area contributed by atoms with Gasteiger partial charge in [0.1, 0.15) is 6.54 Å². The van der Waals surface area contributed by atoms with Gasteiger partial charge in [0, 0.05) is 18.0 Å². The Hall–Kier alpha value is -3.80. The standard InChI is InChI=1S/C24H23N5O/c30-23(18-29-27-24(26-28-29)21-14-8-3-9-15-21)25-17-16-22(19-10-4-1-5-11-19)20-12-6-2-7-13-20/h1-15,22H,16-18H2,(H,25,30). The molecule has 30 heavy (non-hydrogen) atoms. The Labute approximate surface area is 175 Å². The Balaban J connectivity index is 1.35. The molecule has 0 unspecified atom stereocenters. The third-order valence-electron chi connectivity index (χ3n) is 4.93. The first-order valence-corrected chi connectivity index (χ1v) is 9.99. The summed E-state index contributed by atoms with van der Waals surface area (Å²) in [4.78, 5) is 13.7. The van der Waals surface area contributed by atoms with E-state index in [9.17, 15) is 4.79 Å². The molecule has 0 atom stereocenters. The van der Waals surface area contributed by atoms with E-state index in [2.05, 4.69) is 45.0 Å². The van der Waals surface area contributed by atoms with Gasteiger partial charge in [0.25, 0.3) is 0 Å². The van der Waals surface area contributed by atoms with Crippen LogP contribution in [-0.4, -0.2) is 32.7 Å². The van der Waals surface area contributed by atoms with Crippen molar-refractivity contribution in [1.82, 2.24) is 25.5 Å². The molecule has 0 aliphatic carbocycles. The Bertz CT molecular complexity index is 1020. The topological polar surface area (TPSA) is 72.7 Å². The molecule has 1 heterocycles. The van der Waals surface area contributed by atoms with Crippen LogP contribution < -0.4 is 5.32 Å². The van der Waals surface area contributed by atoms with Gasteiger partial charge < -0.3 is 5.32 Å². The number of carbonyl (C=O) groups is 1. The van der Waals surface area contributed by atoms with Gasteiger partial charge in [-0.3, -0.25) is 4.79 Å². The molecule has 6 nitrogen and oxygen atoms in total. The first-order valence-electron chi connectivity index (χ1n) is 9.99. The molecule has 6 heteroatoms. The largest absolute Gasteiger partial charge is 0.354 e. The molecule has 0 saturated heterocycles. The molecule has 0 bridgehead atoms. The molecule has 1 aromatic heterocycles. The van der Waals surface area contributed by atoms with Crippen LogP contribution in [0.1, 0.15) is 23.5 Å². The minimum Gasteiger partial charge on any atom is -0.354 e. The third-order valence-corrected chi connectivity index (χ3v) is 4.93. The van der Waals surface area contributed by atoms with Crippen molar-refractivity contribution in [2.75, 3.05) is 6.54 Å². The first kappa shape index (κ1) is 19.5. The lowest BCUT2D eigenvalue weighted by atomic mass is 9.88. The molecule has 0 aliphatic heterocycles. The maximum absolute atomic E-state index is 12.4. The Morgan fingerprint density at radius 1 is 0.833 bits per heavy atom. The van der Waals surface area contributed by atoms with Gasteiger partial charge in [-0.1, -0.05) is 91.0 Å². The van der Waals surface area contributed by atoms with Crippen molar-refractivity contribution in [2.24, 2.45) is 0 Å². The number of benzene rings is 3. The van der Waals surface area contributed by atoms with E-state index in [4.69, 9.17) is 0 Å². The second-order valence-corrected chi connectivity index (χ2v) is 7.02. The van der Waals surface area contributed by atoms with Crippen LogP contribution in [0.3, 0.4) is 0 Å². The number of hydrogen-bond acceptors (Lipinski definition) is 4. The van der Waals surface area contributed by atoms with E-state index >= 15 is 0 Å². The molecule has 0 saturated carbocycles. The van der Waals surface area contributed by atoms with E-state index in [1.54, 1.807) is 0 Å². The minimum absolute atomic E-state index is 0.0428. The summed E-state index contributed by atoms with van der Waals surface area (Å²) in [5.74, 6) is 0.602. The molecule has 4 aromatic rings. The predicted octanol–water partition coefficient (Wildman–Crippen LogP) is 3.68. The van der Waals surface area contributed by atoms with Gasteiger partial charge in [0.2, 0.25) is 11.7 Å². The normalized spacial score (nSPS) is 10.8. The fourth-order valence-electron chi connectivity index (χ4n) is 3.45. The number of tetrazole rings is 1. The number of hydrogen-bond donors (Lipinski definition) is 1. The quantitative estimate of drug-likeness (QED) is 0.492. The summed E-state index contributed by atoms with van der Waals surface area (Å²) in [5, 5.41) is 15.3. The van der Waals surface area contributed by atoms with Crippen LogP contribution >= 0.6 is 0 Å². The summed E-state index contributed by atoms with van der Waals surface area (Å²) in [7, 11) is 0. The Morgan fingerprint density at radius 3 is 2.00 bits per heavy atom. The number of nitrogens with zero attached hydrogens (tertiary/aromatic N) is 4. The van der Waals surface area contributed by atoms with Crippen LogP contribution in [0.2, 0.25) is 0 Å². The molecular formula is C24H23N5O. The van der Waals surface area contributed by atoms with E-state index in [-0.39, 0.29) is 18.4 Å². The zero-order valence-electron chi connectivity index (χ0n) is 16.6. The summed E-state index contributed by atoms with van der Waals surface area (Å²) >= 11 is 0. The van der Waals surface area contributed by atoms with E-state index in [0.29, 0.717) is 12.4 Å². The van der Waals surface area contributed by atoms with Gasteiger partial charge >= 0.3 is 0 Å². The Kier molecular flexibility index (Phi) is 6.25. The molecule has 1 amide bonds. The van der Waals surface area contributed by atoms with Crippen molar-refractivity contribution in [3.63, 3.8) is 0 Å². The summed E-state index contributed by atoms with van der Waals surface area (Å²) in [5.41, 5.74) is 3.35. The van der Waals surface area contributed by atoms with E-state index in [0.717, 1.165) is 12.0 Å². The summed E-state index contributed by atoms with van der Waals surface area (Å²) in [6, 6.07) is 30.3. The van der Waals surface area contributed by atoms with Crippen LogP contribution in [0.5, 0.6) is 0 Å². The van der Waals surface area contributed by atoms with Gasteiger partial charge in [-0.05, 0) is 22.8 Å². The van der Waals surface area contributed by atoms with Crippen molar-refractivity contribution < 1.29 is 4.79 Å². The smallest absolute Gasteiger partial charge is 0.243 e. The van der Waals surface area contributed by atoms with Crippen LogP contribution in [0.25, 0.3) is 11.4 Å². The highest BCUT2D eigenvalue weighted by molar-refractivity contribution is 5.75. The lowest BCUT2D eigenvalue weighted by molar-refractivity contribution is -0.122. The molecule has 0 fully saturated rings. The molecular weight excluding hydrogens is 374 g/mol. The van der Waals surface area contributed by atoms with Crippen LogP contribution in [0, 0.1) is 0 Å². The molecule has 150 valence electrons. The van der Waals surface area contributed by atoms with Crippen molar-refractivity contribution in [3.05, 3.63) is 102 Å². The van der Waals surface area contributed by atoms with E-state index in [1.807, 2.05) is 66.7 Å². The second kappa shape index (κ2) is 9.60. The van der Waals surface area contributed by atoms with Gasteiger partial charge in [0.05, 0.1) is 0 Å². The third kappa shape index (κ3) is 4.97. The number of carbonyl (C=O) groups excluding carboxylic acids is 1. The van der Waals surface area contributed by atoms with Crippen LogP contribution in [0.4, 0.5) is 0 Å². The SMILES string of the molecule is O=C(Cn1nnc(-c2ccccc2)n1)NCCC(c1ccccc1)c1ccccc1. The highest BCUT2D eigenvalue weighted by atomic mass is 16.2. The average Bonchev–Trinajstić information content (AvgIpc) is 3.27. The van der Waals surface area contributed by atoms with Crippen molar-refractivity contribution in [3.8, 4) is 11.4 Å². The summed E-state index contributed by atoms with van der Waals surface area (Å²) in [6.45, 7) is 0.606. The van der Waals surface area contributed by atoms with Gasteiger partial charge in [-0.25, -0.2) is 0 Å². The number of nitrogens with one attached hydrogen (secondary N) is 1. The van der Waals surface area contributed by atoms with Crippen molar-refractivity contribution >= 4 is 5.91 Å². The van der Waals surface area contributed by atoms with E-state index < -0.39 is 0 Å². The molecule has 0 aliphatic rings. The molecule has 1 N–H and O–H groups in total. The molecule has 4 rings (SSSR count). The molecule has 3 aromatic carbocycles. The maximum Gasteiger partial charge on any atom is 0.243 e. The van der Waals surface area contributed by atoms with Crippen molar-refractivity contribution in [2.45, 2.75) is 18.9 Å². The van der Waals surface area contributed by atoms with Crippen LogP contribution in [0.15, 0.2) is 91.0 Å². The lowest BCUT2D eigenvalue weighted by Gasteiger charge is -2.18. The second-order valence-electron chi connectivity index (χ2n) is 7.02. The highest BCUT2D eigenvalue weighted by Gasteiger charge is 2.15. The average molecular weight is 397 g/mol. The highest BCUT2D eigenvalue weighted by Crippen LogP contribution is 2.27. The zero-order valence-corrected chi connectivity index (χ0v) is 16.6. The van der Waals surface area contributed by atoms with Gasteiger partial charge in [-0.15, -0.1) is 10.2 Å². The van der Waals surface area contributed by atoms with Crippen LogP contribution in [-0.2, 0) is 11.3 Å². The monoisotopic (exact) mass is 397 g/mol. The molecule has 0 spiro atoms. The fourth-order valence-corrected chi connectivity index (χ4v) is 3.45. The summed E-state index contributed by atoms with van der Waals surface area (Å²) < 4.78 is 0. The fraction of sp³-hybridized carbons (Fsp3) is 0.167. The Morgan fingerprint density at radius 2 is 1.40 bits per heavy atom. The number of rotatable bonds is 8. The maximum atomic E-state index is 12.4. The number of amides is 1. The first-order chi connectivity index (χ1) is 14.8. The zero-order chi connectivity index (χ0) is 20.6. The molecule has 0 radical (unpaired) electrons. The summed E-state index contributed by atoms with van der Waals surface area (Å²) in [6.07, 6.45) is 0.805. The van der Waals surface area contributed by atoms with Gasteiger partial charge in [-0.2, -0.15) is 4.80 Å². The van der Waals surface area contributed by atoms with Gasteiger partial charge in [0.15, 0.2) is 0 Å². The predicted molar refractivity (Wildman–Crippen MR) is 116 cm³/mol. The van der Waals surface area contributed by atoms with Crippen molar-refractivity contribution in [1.29, 1.82) is 0 Å². The minimum atomic E-state index is -0.133.